The molecule has 1 saturated heterocycles. The molecule has 1 amide bonds. The molecule has 1 fully saturated rings. The minimum atomic E-state index is -0.479. The van der Waals surface area contributed by atoms with E-state index in [4.69, 9.17) is 4.74 Å². The molecule has 0 aliphatic carbocycles. The zero-order valence-electron chi connectivity index (χ0n) is 10.4. The first-order valence-corrected chi connectivity index (χ1v) is 6.08. The van der Waals surface area contributed by atoms with Crippen molar-refractivity contribution >= 4 is 12.0 Å². The van der Waals surface area contributed by atoms with Gasteiger partial charge in [0.2, 0.25) is 0 Å². The number of ether oxygens (including phenoxy) is 1. The van der Waals surface area contributed by atoms with E-state index in [9.17, 15) is 4.79 Å². The third-order valence-electron chi connectivity index (χ3n) is 2.94. The number of methoxy groups -OCH3 is 1. The standard InChI is InChI=1S/C14H18N2O2/c1-18-13-12(15-9-10-16-14(13)17)8-7-11-5-3-2-4-6-11/h2-8,12-13,15H,9-10H2,1H3,(H,16,17)/b8-7+/t12-,13+/m0/s1. The van der Waals surface area contributed by atoms with Crippen molar-refractivity contribution < 1.29 is 9.53 Å². The molecule has 4 nitrogen and oxygen atoms in total. The molecule has 1 aliphatic rings. The third-order valence-corrected chi connectivity index (χ3v) is 2.94. The Morgan fingerprint density at radius 2 is 2.06 bits per heavy atom. The number of nitrogens with one attached hydrogen (secondary N) is 2. The average molecular weight is 246 g/mol. The van der Waals surface area contributed by atoms with Crippen LogP contribution in [0.3, 0.4) is 0 Å². The molecule has 0 radical (unpaired) electrons. The molecule has 1 aliphatic heterocycles. The van der Waals surface area contributed by atoms with Crippen LogP contribution in [-0.4, -0.2) is 38.3 Å². The van der Waals surface area contributed by atoms with E-state index >= 15 is 0 Å². The number of hydrogen-bond donors (Lipinski definition) is 2. The van der Waals surface area contributed by atoms with Crippen molar-refractivity contribution in [2.24, 2.45) is 0 Å². The molecule has 18 heavy (non-hydrogen) atoms. The lowest BCUT2D eigenvalue weighted by Gasteiger charge is -2.19. The number of carbonyl (C=O) groups excluding carboxylic acids is 1. The Bertz CT molecular complexity index is 417. The largest absolute Gasteiger partial charge is 0.370 e. The molecule has 0 aromatic heterocycles. The van der Waals surface area contributed by atoms with Gasteiger partial charge in [-0.2, -0.15) is 0 Å². The summed E-state index contributed by atoms with van der Waals surface area (Å²) in [7, 11) is 1.56. The van der Waals surface area contributed by atoms with Crippen LogP contribution in [-0.2, 0) is 9.53 Å². The summed E-state index contributed by atoms with van der Waals surface area (Å²) in [5, 5.41) is 6.10. The van der Waals surface area contributed by atoms with Gasteiger partial charge in [-0.05, 0) is 5.56 Å². The van der Waals surface area contributed by atoms with Gasteiger partial charge in [0.15, 0.2) is 6.10 Å². The van der Waals surface area contributed by atoms with Crippen LogP contribution in [0.25, 0.3) is 6.08 Å². The quantitative estimate of drug-likeness (QED) is 0.829. The van der Waals surface area contributed by atoms with Crippen molar-refractivity contribution in [1.29, 1.82) is 0 Å². The molecule has 1 heterocycles. The zero-order chi connectivity index (χ0) is 12.8. The van der Waals surface area contributed by atoms with Crippen molar-refractivity contribution in [2.45, 2.75) is 12.1 Å². The van der Waals surface area contributed by atoms with E-state index in [-0.39, 0.29) is 11.9 Å². The van der Waals surface area contributed by atoms with Crippen LogP contribution in [0.15, 0.2) is 36.4 Å². The highest BCUT2D eigenvalue weighted by Crippen LogP contribution is 2.07. The van der Waals surface area contributed by atoms with Gasteiger partial charge in [-0.3, -0.25) is 4.79 Å². The second-order valence-electron chi connectivity index (χ2n) is 4.20. The van der Waals surface area contributed by atoms with E-state index < -0.39 is 6.10 Å². The van der Waals surface area contributed by atoms with Crippen LogP contribution < -0.4 is 10.6 Å². The number of hydrogen-bond acceptors (Lipinski definition) is 3. The van der Waals surface area contributed by atoms with Crippen LogP contribution in [0, 0.1) is 0 Å². The molecule has 0 spiro atoms. The topological polar surface area (TPSA) is 50.4 Å². The Labute approximate surface area is 107 Å². The first-order chi connectivity index (χ1) is 8.81. The van der Waals surface area contributed by atoms with Crippen LogP contribution in [0.5, 0.6) is 0 Å². The van der Waals surface area contributed by atoms with Gasteiger partial charge in [0.1, 0.15) is 0 Å². The number of carbonyl (C=O) groups is 1. The fraction of sp³-hybridized carbons (Fsp3) is 0.357. The Balaban J connectivity index is 2.10. The van der Waals surface area contributed by atoms with Crippen molar-refractivity contribution in [3.63, 3.8) is 0 Å². The third kappa shape index (κ3) is 3.18. The predicted molar refractivity (Wildman–Crippen MR) is 71.1 cm³/mol. The molecule has 2 atom stereocenters. The highest BCUT2D eigenvalue weighted by Gasteiger charge is 2.27. The molecule has 4 heteroatoms. The fourth-order valence-electron chi connectivity index (χ4n) is 2.00. The maximum absolute atomic E-state index is 11.8. The number of benzene rings is 1. The fourth-order valence-corrected chi connectivity index (χ4v) is 2.00. The van der Waals surface area contributed by atoms with E-state index in [1.54, 1.807) is 7.11 Å². The van der Waals surface area contributed by atoms with Gasteiger partial charge >= 0.3 is 0 Å². The molecule has 0 saturated carbocycles. The minimum absolute atomic E-state index is 0.0646. The van der Waals surface area contributed by atoms with Crippen molar-refractivity contribution in [2.75, 3.05) is 20.2 Å². The summed E-state index contributed by atoms with van der Waals surface area (Å²) >= 11 is 0. The second-order valence-corrected chi connectivity index (χ2v) is 4.20. The van der Waals surface area contributed by atoms with Gasteiger partial charge in [0.05, 0.1) is 6.04 Å². The summed E-state index contributed by atoms with van der Waals surface area (Å²) in [4.78, 5) is 11.8. The van der Waals surface area contributed by atoms with Crippen LogP contribution in [0.4, 0.5) is 0 Å². The monoisotopic (exact) mass is 246 g/mol. The Kier molecular flexibility index (Phi) is 4.50. The van der Waals surface area contributed by atoms with Gasteiger partial charge in [-0.25, -0.2) is 0 Å². The molecular weight excluding hydrogens is 228 g/mol. The van der Waals surface area contributed by atoms with Gasteiger partial charge in [-0.1, -0.05) is 42.5 Å². The van der Waals surface area contributed by atoms with E-state index in [0.29, 0.717) is 6.54 Å². The lowest BCUT2D eigenvalue weighted by Crippen LogP contribution is -2.44. The highest BCUT2D eigenvalue weighted by atomic mass is 16.5. The Hall–Kier alpha value is -1.65. The molecule has 1 aromatic rings. The SMILES string of the molecule is CO[C@H]1C(=O)NCCN[C@H]1/C=C/c1ccccc1. The van der Waals surface area contributed by atoms with Crippen molar-refractivity contribution in [1.82, 2.24) is 10.6 Å². The maximum atomic E-state index is 11.8. The minimum Gasteiger partial charge on any atom is -0.370 e. The Morgan fingerprint density at radius 3 is 2.78 bits per heavy atom. The lowest BCUT2D eigenvalue weighted by molar-refractivity contribution is -0.131. The lowest BCUT2D eigenvalue weighted by atomic mass is 10.1. The molecular formula is C14H18N2O2. The average Bonchev–Trinajstić information content (AvgIpc) is 2.59. The first kappa shape index (κ1) is 12.8. The molecule has 2 rings (SSSR count). The summed E-state index contributed by atoms with van der Waals surface area (Å²) in [5.74, 6) is -0.0646. The zero-order valence-corrected chi connectivity index (χ0v) is 10.4. The van der Waals surface area contributed by atoms with Gasteiger partial charge in [0.25, 0.3) is 5.91 Å². The molecule has 1 aromatic carbocycles. The molecule has 0 unspecified atom stereocenters. The summed E-state index contributed by atoms with van der Waals surface area (Å²) in [6.45, 7) is 1.38. The summed E-state index contributed by atoms with van der Waals surface area (Å²) in [6, 6.07) is 9.90. The first-order valence-electron chi connectivity index (χ1n) is 6.08. The normalized spacial score (nSPS) is 24.8. The maximum Gasteiger partial charge on any atom is 0.251 e. The molecule has 2 N–H and O–H groups in total. The highest BCUT2D eigenvalue weighted by molar-refractivity contribution is 5.82. The van der Waals surface area contributed by atoms with Gasteiger partial charge in [-0.15, -0.1) is 0 Å². The van der Waals surface area contributed by atoms with Crippen LogP contribution >= 0.6 is 0 Å². The van der Waals surface area contributed by atoms with E-state index in [2.05, 4.69) is 10.6 Å². The van der Waals surface area contributed by atoms with E-state index in [1.165, 1.54) is 0 Å². The number of rotatable bonds is 3. The van der Waals surface area contributed by atoms with Gasteiger partial charge < -0.3 is 15.4 Å². The summed E-state index contributed by atoms with van der Waals surface area (Å²) in [6.07, 6.45) is 3.50. The van der Waals surface area contributed by atoms with Crippen molar-refractivity contribution in [3.05, 3.63) is 42.0 Å². The smallest absolute Gasteiger partial charge is 0.251 e. The van der Waals surface area contributed by atoms with Crippen LogP contribution in [0.2, 0.25) is 0 Å². The van der Waals surface area contributed by atoms with Gasteiger partial charge in [0, 0.05) is 20.2 Å². The molecule has 96 valence electrons. The van der Waals surface area contributed by atoms with Crippen LogP contribution in [0.1, 0.15) is 5.56 Å². The second kappa shape index (κ2) is 6.33. The van der Waals surface area contributed by atoms with E-state index in [1.807, 2.05) is 42.5 Å². The number of amides is 1. The predicted octanol–water partition coefficient (Wildman–Crippen LogP) is 0.803. The van der Waals surface area contributed by atoms with E-state index in [0.717, 1.165) is 12.1 Å². The Morgan fingerprint density at radius 1 is 1.28 bits per heavy atom. The summed E-state index contributed by atoms with van der Waals surface area (Å²) < 4.78 is 5.26. The summed E-state index contributed by atoms with van der Waals surface area (Å²) in [5.41, 5.74) is 1.11. The van der Waals surface area contributed by atoms with Crippen molar-refractivity contribution in [3.8, 4) is 0 Å². The molecule has 0 bridgehead atoms.